The number of halogens is 2. The fourth-order valence-electron chi connectivity index (χ4n) is 3.31. The summed E-state index contributed by atoms with van der Waals surface area (Å²) in [6.45, 7) is 8.34. The van der Waals surface area contributed by atoms with Crippen molar-refractivity contribution in [2.75, 3.05) is 33.3 Å². The van der Waals surface area contributed by atoms with Gasteiger partial charge in [-0.25, -0.2) is 4.39 Å². The smallest absolute Gasteiger partial charge is 0.131 e. The minimum atomic E-state index is -0.152. The summed E-state index contributed by atoms with van der Waals surface area (Å²) in [5, 5.41) is 3.37. The molecule has 126 valence electrons. The molecule has 1 unspecified atom stereocenters. The van der Waals surface area contributed by atoms with Gasteiger partial charge in [0.15, 0.2) is 0 Å². The normalized spacial score (nSPS) is 18.4. The predicted molar refractivity (Wildman–Crippen MR) is 91.5 cm³/mol. The van der Waals surface area contributed by atoms with E-state index in [9.17, 15) is 4.39 Å². The number of hydrogen-bond donors (Lipinski definition) is 1. The van der Waals surface area contributed by atoms with E-state index in [1.165, 1.54) is 6.07 Å². The quantitative estimate of drug-likeness (QED) is 0.862. The van der Waals surface area contributed by atoms with Gasteiger partial charge < -0.3 is 10.1 Å². The molecular formula is C17H28ClFN2O. The molecule has 0 saturated carbocycles. The number of ether oxygens (including phenoxy) is 1. The second-order valence-corrected chi connectivity index (χ2v) is 5.88. The topological polar surface area (TPSA) is 24.5 Å². The maximum atomic E-state index is 14.5. The number of benzene rings is 1. The molecule has 1 N–H and O–H groups in total. The molecule has 0 amide bonds. The van der Waals surface area contributed by atoms with Gasteiger partial charge in [0, 0.05) is 43.9 Å². The van der Waals surface area contributed by atoms with Gasteiger partial charge >= 0.3 is 0 Å². The van der Waals surface area contributed by atoms with Crippen molar-refractivity contribution in [3.05, 3.63) is 29.6 Å². The zero-order valence-electron chi connectivity index (χ0n) is 13.8. The van der Waals surface area contributed by atoms with Crippen LogP contribution in [0, 0.1) is 11.7 Å². The average Bonchev–Trinajstić information content (AvgIpc) is 2.50. The van der Waals surface area contributed by atoms with Gasteiger partial charge in [0.1, 0.15) is 11.6 Å². The van der Waals surface area contributed by atoms with Gasteiger partial charge in [0.2, 0.25) is 0 Å². The van der Waals surface area contributed by atoms with Crippen molar-refractivity contribution in [3.8, 4) is 5.75 Å². The molecule has 5 heteroatoms. The lowest BCUT2D eigenvalue weighted by Crippen LogP contribution is -2.46. The molecule has 3 nitrogen and oxygen atoms in total. The fraction of sp³-hybridized carbons (Fsp3) is 0.647. The van der Waals surface area contributed by atoms with Crippen LogP contribution in [0.5, 0.6) is 5.75 Å². The van der Waals surface area contributed by atoms with Gasteiger partial charge in [0.25, 0.3) is 0 Å². The molecule has 0 radical (unpaired) electrons. The standard InChI is InChI=1S/C17H27FN2O.ClH/c1-4-5-13(2)17(20-10-8-19-9-11-20)15-7-6-14(21-3)12-16(15)18;/h6-7,12-13,17,19H,4-5,8-11H2,1-3H3;1H/t13?,17-;/m0./s1. The highest BCUT2D eigenvalue weighted by Crippen LogP contribution is 2.34. The van der Waals surface area contributed by atoms with Crippen LogP contribution in [0.1, 0.15) is 38.3 Å². The SMILES string of the molecule is CCCC(C)[C@@H](c1ccc(OC)cc1F)N1CCNCC1.Cl. The van der Waals surface area contributed by atoms with Crippen LogP contribution >= 0.6 is 12.4 Å². The van der Waals surface area contributed by atoms with E-state index in [4.69, 9.17) is 4.74 Å². The Labute approximate surface area is 139 Å². The molecule has 1 aliphatic heterocycles. The van der Waals surface area contributed by atoms with Crippen molar-refractivity contribution >= 4 is 12.4 Å². The minimum Gasteiger partial charge on any atom is -0.497 e. The molecule has 1 saturated heterocycles. The Morgan fingerprint density at radius 1 is 1.32 bits per heavy atom. The van der Waals surface area contributed by atoms with E-state index in [1.807, 2.05) is 12.1 Å². The summed E-state index contributed by atoms with van der Waals surface area (Å²) in [6.07, 6.45) is 2.24. The number of nitrogens with one attached hydrogen (secondary N) is 1. The lowest BCUT2D eigenvalue weighted by Gasteiger charge is -2.38. The van der Waals surface area contributed by atoms with Crippen LogP contribution in [0.3, 0.4) is 0 Å². The number of hydrogen-bond acceptors (Lipinski definition) is 3. The first-order valence-electron chi connectivity index (χ1n) is 7.95. The van der Waals surface area contributed by atoms with Gasteiger partial charge in [-0.15, -0.1) is 12.4 Å². The number of nitrogens with zero attached hydrogens (tertiary/aromatic N) is 1. The Morgan fingerprint density at radius 3 is 2.55 bits per heavy atom. The van der Waals surface area contributed by atoms with Crippen molar-refractivity contribution in [2.45, 2.75) is 32.7 Å². The number of piperazine rings is 1. The van der Waals surface area contributed by atoms with Gasteiger partial charge in [-0.1, -0.05) is 26.3 Å². The Hall–Kier alpha value is -0.840. The largest absolute Gasteiger partial charge is 0.497 e. The zero-order chi connectivity index (χ0) is 15.2. The van der Waals surface area contributed by atoms with Crippen molar-refractivity contribution in [1.82, 2.24) is 10.2 Å². The van der Waals surface area contributed by atoms with E-state index < -0.39 is 0 Å². The minimum absolute atomic E-state index is 0. The molecule has 2 atom stereocenters. The molecule has 0 aromatic heterocycles. The predicted octanol–water partition coefficient (Wildman–Crippen LogP) is 3.64. The van der Waals surface area contributed by atoms with Crippen LogP contribution in [0.4, 0.5) is 4.39 Å². The molecule has 1 aromatic rings. The van der Waals surface area contributed by atoms with Gasteiger partial charge in [-0.2, -0.15) is 0 Å². The van der Waals surface area contributed by atoms with Crippen LogP contribution in [-0.4, -0.2) is 38.2 Å². The Kier molecular flexibility index (Phi) is 8.15. The summed E-state index contributed by atoms with van der Waals surface area (Å²) in [5.41, 5.74) is 0.804. The van der Waals surface area contributed by atoms with Crippen molar-refractivity contribution < 1.29 is 9.13 Å². The highest BCUT2D eigenvalue weighted by molar-refractivity contribution is 5.85. The molecule has 0 spiro atoms. The molecule has 1 fully saturated rings. The second-order valence-electron chi connectivity index (χ2n) is 5.88. The van der Waals surface area contributed by atoms with E-state index in [-0.39, 0.29) is 24.3 Å². The maximum absolute atomic E-state index is 14.5. The zero-order valence-corrected chi connectivity index (χ0v) is 14.6. The van der Waals surface area contributed by atoms with Crippen LogP contribution in [-0.2, 0) is 0 Å². The van der Waals surface area contributed by atoms with E-state index in [0.717, 1.165) is 44.6 Å². The summed E-state index contributed by atoms with van der Waals surface area (Å²) >= 11 is 0. The van der Waals surface area contributed by atoms with Crippen LogP contribution < -0.4 is 10.1 Å². The van der Waals surface area contributed by atoms with Crippen LogP contribution in [0.25, 0.3) is 0 Å². The molecule has 1 aliphatic rings. The summed E-state index contributed by atoms with van der Waals surface area (Å²) < 4.78 is 19.6. The fourth-order valence-corrected chi connectivity index (χ4v) is 3.31. The van der Waals surface area contributed by atoms with E-state index in [2.05, 4.69) is 24.1 Å². The lowest BCUT2D eigenvalue weighted by atomic mass is 9.89. The summed E-state index contributed by atoms with van der Waals surface area (Å²) in [5.74, 6) is 0.871. The van der Waals surface area contributed by atoms with Crippen LogP contribution in [0.15, 0.2) is 18.2 Å². The van der Waals surface area contributed by atoms with Crippen molar-refractivity contribution in [1.29, 1.82) is 0 Å². The van der Waals surface area contributed by atoms with E-state index in [1.54, 1.807) is 7.11 Å². The Balaban J connectivity index is 0.00000242. The average molecular weight is 331 g/mol. The summed E-state index contributed by atoms with van der Waals surface area (Å²) in [4.78, 5) is 2.42. The second kappa shape index (κ2) is 9.33. The first kappa shape index (κ1) is 19.2. The van der Waals surface area contributed by atoms with E-state index in [0.29, 0.717) is 11.7 Å². The van der Waals surface area contributed by atoms with Gasteiger partial charge in [-0.3, -0.25) is 4.90 Å². The lowest BCUT2D eigenvalue weighted by molar-refractivity contribution is 0.123. The summed E-state index contributed by atoms with van der Waals surface area (Å²) in [7, 11) is 1.57. The first-order valence-corrected chi connectivity index (χ1v) is 7.95. The number of rotatable bonds is 6. The third-order valence-corrected chi connectivity index (χ3v) is 4.35. The highest BCUT2D eigenvalue weighted by Gasteiger charge is 2.29. The molecule has 22 heavy (non-hydrogen) atoms. The maximum Gasteiger partial charge on any atom is 0.131 e. The number of methoxy groups -OCH3 is 1. The molecular weight excluding hydrogens is 303 g/mol. The summed E-state index contributed by atoms with van der Waals surface area (Å²) in [6, 6.07) is 5.42. The van der Waals surface area contributed by atoms with Crippen LogP contribution in [0.2, 0.25) is 0 Å². The Bertz CT molecular complexity index is 452. The van der Waals surface area contributed by atoms with Gasteiger partial charge in [0.05, 0.1) is 7.11 Å². The van der Waals surface area contributed by atoms with Crippen molar-refractivity contribution in [2.24, 2.45) is 5.92 Å². The molecule has 0 bridgehead atoms. The monoisotopic (exact) mass is 330 g/mol. The van der Waals surface area contributed by atoms with Gasteiger partial charge in [-0.05, 0) is 18.4 Å². The molecule has 0 aliphatic carbocycles. The highest BCUT2D eigenvalue weighted by atomic mass is 35.5. The third-order valence-electron chi connectivity index (χ3n) is 4.35. The van der Waals surface area contributed by atoms with Crippen molar-refractivity contribution in [3.63, 3.8) is 0 Å². The molecule has 1 heterocycles. The van der Waals surface area contributed by atoms with E-state index >= 15 is 0 Å². The first-order chi connectivity index (χ1) is 10.2. The molecule has 2 rings (SSSR count). The Morgan fingerprint density at radius 2 is 2.00 bits per heavy atom. The molecule has 1 aromatic carbocycles. The third kappa shape index (κ3) is 4.58.